The molecule has 2 N–H and O–H groups in total. The average molecular weight is 963 g/mol. The van der Waals surface area contributed by atoms with Crippen LogP contribution < -0.4 is 14.6 Å². The van der Waals surface area contributed by atoms with Crippen LogP contribution in [0.4, 0.5) is 0 Å². The van der Waals surface area contributed by atoms with Gasteiger partial charge in [0, 0.05) is 0 Å². The zero-order valence-corrected chi connectivity index (χ0v) is 43.0. The Labute approximate surface area is 421 Å². The average Bonchev–Trinajstić information content (AvgIpc) is 3.26. The summed E-state index contributed by atoms with van der Waals surface area (Å²) in [7, 11) is -9.09. The second-order valence-electron chi connectivity index (χ2n) is 16.9. The van der Waals surface area contributed by atoms with Gasteiger partial charge in [0.1, 0.15) is 38.0 Å². The fourth-order valence-corrected chi connectivity index (χ4v) is 9.02. The molecule has 0 aliphatic heterocycles. The van der Waals surface area contributed by atoms with Crippen molar-refractivity contribution in [3.63, 3.8) is 0 Å². The third kappa shape index (κ3) is 24.7. The maximum atomic E-state index is 11.9. The van der Waals surface area contributed by atoms with Crippen LogP contribution in [0.1, 0.15) is 179 Å². The van der Waals surface area contributed by atoms with Gasteiger partial charge in [0.15, 0.2) is 5.75 Å². The predicted octanol–water partition coefficient (Wildman–Crippen LogP) is 14.0. The Morgan fingerprint density at radius 3 is 1.14 bits per heavy atom. The Kier molecular flexibility index (Phi) is 30.1. The van der Waals surface area contributed by atoms with Gasteiger partial charge < -0.3 is 24.2 Å². The van der Waals surface area contributed by atoms with Crippen LogP contribution in [0.3, 0.4) is 0 Å². The molecule has 356 valence electrons. The Bertz CT molecular complexity index is 1940. The molecule has 4 rings (SSSR count). The summed E-state index contributed by atoms with van der Waals surface area (Å²) < 4.78 is 80.2. The van der Waals surface area contributed by atoms with Gasteiger partial charge in [0.05, 0.1) is 4.90 Å². The molecule has 4 aromatic carbocycles. The Hall–Kier alpha value is -2.84. The van der Waals surface area contributed by atoms with Gasteiger partial charge in [0.25, 0.3) is 10.1 Å². The number of aryl methyl sites for hydroxylation is 2. The summed E-state index contributed by atoms with van der Waals surface area (Å²) in [6.07, 6.45) is 31.3. The number of phenols is 1. The van der Waals surface area contributed by atoms with E-state index in [9.17, 15) is 36.2 Å². The molecule has 0 aliphatic rings. The van der Waals surface area contributed by atoms with Crippen LogP contribution in [0.15, 0.2) is 94.7 Å². The largest absolute Gasteiger partial charge is 2.00 e. The first-order chi connectivity index (χ1) is 30.8. The van der Waals surface area contributed by atoms with E-state index in [-0.39, 0.29) is 70.5 Å². The number of ether oxygens (including phenoxy) is 2. The molecule has 0 aromatic heterocycles. The summed E-state index contributed by atoms with van der Waals surface area (Å²) in [5, 5.41) is 20.8. The molecule has 0 spiro atoms. The molecule has 10 nitrogen and oxygen atoms in total. The number of hydrogen-bond acceptors (Lipinski definition) is 9. The molecule has 4 aromatic rings. The van der Waals surface area contributed by atoms with Gasteiger partial charge in [-0.25, -0.2) is 8.42 Å². The molecule has 0 radical (unpaired) electrons. The smallest absolute Gasteiger partial charge is 0.872 e. The molecule has 0 atom stereocenters. The number of hydrogen-bond donors (Lipinski definition) is 2. The van der Waals surface area contributed by atoms with Crippen LogP contribution in [0, 0.1) is 0 Å². The first-order valence-corrected chi connectivity index (χ1v) is 26.8. The molecular formula is C52H74CaO10S2. The van der Waals surface area contributed by atoms with Crippen LogP contribution >= 0.6 is 0 Å². The molecule has 0 aliphatic carbocycles. The van der Waals surface area contributed by atoms with E-state index in [4.69, 9.17) is 9.47 Å². The van der Waals surface area contributed by atoms with Crippen molar-refractivity contribution in [3.05, 3.63) is 96.1 Å². The summed E-state index contributed by atoms with van der Waals surface area (Å²) in [5.74, 6) is 0.885. The first kappa shape index (κ1) is 58.3. The number of phenolic OH excluding ortho intramolecular Hbond substituents is 1. The molecular weight excluding hydrogens is 889 g/mol. The predicted molar refractivity (Wildman–Crippen MR) is 260 cm³/mol. The second kappa shape index (κ2) is 33.6. The van der Waals surface area contributed by atoms with Gasteiger partial charge >= 0.3 is 37.7 Å². The number of unbranched alkanes of at least 4 members (excludes halogenated alkanes) is 22. The van der Waals surface area contributed by atoms with Crippen LogP contribution in [-0.2, 0) is 33.1 Å². The van der Waals surface area contributed by atoms with Crippen molar-refractivity contribution in [3.8, 4) is 34.5 Å². The zero-order chi connectivity index (χ0) is 46.5. The van der Waals surface area contributed by atoms with E-state index in [1.807, 2.05) is 6.07 Å². The molecule has 13 heteroatoms. The summed E-state index contributed by atoms with van der Waals surface area (Å²) in [6, 6.07) is 21.1. The maximum absolute atomic E-state index is 11.9. The minimum atomic E-state index is -4.68. The van der Waals surface area contributed by atoms with Gasteiger partial charge in [-0.15, -0.1) is 5.75 Å². The number of para-hydroxylation sites is 2. The quantitative estimate of drug-likeness (QED) is 0.0272. The second-order valence-corrected chi connectivity index (χ2v) is 19.6. The van der Waals surface area contributed by atoms with Crippen molar-refractivity contribution in [2.75, 3.05) is 0 Å². The van der Waals surface area contributed by atoms with E-state index in [2.05, 4.69) is 13.8 Å². The topological polar surface area (TPSA) is 173 Å². The minimum Gasteiger partial charge on any atom is -0.872 e. The van der Waals surface area contributed by atoms with Gasteiger partial charge in [0.2, 0.25) is 0 Å². The summed E-state index contributed by atoms with van der Waals surface area (Å²) in [5.41, 5.74) is 1.44. The third-order valence-electron chi connectivity index (χ3n) is 11.4. The van der Waals surface area contributed by atoms with E-state index in [1.165, 1.54) is 171 Å². The number of aromatic hydroxyl groups is 1. The fourth-order valence-electron chi connectivity index (χ4n) is 7.72. The van der Waals surface area contributed by atoms with E-state index >= 15 is 0 Å². The van der Waals surface area contributed by atoms with Crippen LogP contribution in [0.2, 0.25) is 0 Å². The normalized spacial score (nSPS) is 11.4. The fraction of sp³-hybridized carbons (Fsp3) is 0.538. The minimum absolute atomic E-state index is 0. The van der Waals surface area contributed by atoms with Gasteiger partial charge in [-0.3, -0.25) is 4.55 Å². The van der Waals surface area contributed by atoms with Crippen molar-refractivity contribution >= 4 is 58.0 Å². The molecule has 0 bridgehead atoms. The monoisotopic (exact) mass is 962 g/mol. The standard InChI is InChI=1S/2C26H38O5S.Ca/c2*1-2-3-4-5-6-7-8-9-10-11-12-13-15-22-16-14-17-25(32(28,29)30)26(22)31-24-20-18-23(27)19-21-24;/h2*14,16-21,27H,2-13,15H2,1H3,(H,28,29,30);/q;;+2/p-2. The number of rotatable bonds is 32. The SMILES string of the molecule is CCCCCCCCCCCCCCc1cccc(S(=O)(=O)O)c1Oc1ccc(O)cc1.CCCCCCCCCCCCCCc1cccc(S(=O)(=O)[O-])c1Oc1ccc([O-])cc1.[Ca+2]. The van der Waals surface area contributed by atoms with Gasteiger partial charge in [-0.2, -0.15) is 8.42 Å². The van der Waals surface area contributed by atoms with Crippen molar-refractivity contribution in [1.82, 2.24) is 0 Å². The Morgan fingerprint density at radius 2 is 0.785 bits per heavy atom. The molecule has 0 saturated carbocycles. The van der Waals surface area contributed by atoms with Crippen molar-refractivity contribution in [1.29, 1.82) is 0 Å². The molecule has 0 amide bonds. The van der Waals surface area contributed by atoms with E-state index in [0.29, 0.717) is 29.9 Å². The van der Waals surface area contributed by atoms with Gasteiger partial charge in [-0.05, 0) is 85.3 Å². The molecule has 0 heterocycles. The van der Waals surface area contributed by atoms with E-state index in [0.717, 1.165) is 37.7 Å². The Morgan fingerprint density at radius 1 is 0.462 bits per heavy atom. The summed E-state index contributed by atoms with van der Waals surface area (Å²) >= 11 is 0. The third-order valence-corrected chi connectivity index (χ3v) is 13.1. The summed E-state index contributed by atoms with van der Waals surface area (Å²) in [6.45, 7) is 4.48. The zero-order valence-electron chi connectivity index (χ0n) is 39.2. The molecule has 0 unspecified atom stereocenters. The maximum Gasteiger partial charge on any atom is 2.00 e. The van der Waals surface area contributed by atoms with E-state index < -0.39 is 20.2 Å². The van der Waals surface area contributed by atoms with Crippen molar-refractivity contribution in [2.24, 2.45) is 0 Å². The summed E-state index contributed by atoms with van der Waals surface area (Å²) in [4.78, 5) is -0.595. The van der Waals surface area contributed by atoms with Crippen LogP contribution in [0.25, 0.3) is 0 Å². The van der Waals surface area contributed by atoms with E-state index in [1.54, 1.807) is 30.3 Å². The molecule has 65 heavy (non-hydrogen) atoms. The Balaban J connectivity index is 0.000000440. The number of benzene rings is 4. The van der Waals surface area contributed by atoms with Gasteiger partial charge in [-0.1, -0.05) is 192 Å². The molecule has 0 saturated heterocycles. The molecule has 0 fully saturated rings. The van der Waals surface area contributed by atoms with Crippen molar-refractivity contribution in [2.45, 2.75) is 191 Å². The van der Waals surface area contributed by atoms with Crippen molar-refractivity contribution < 1.29 is 45.6 Å². The first-order valence-electron chi connectivity index (χ1n) is 23.9. The van der Waals surface area contributed by atoms with Crippen LogP contribution in [0.5, 0.6) is 34.5 Å². The van der Waals surface area contributed by atoms with Crippen LogP contribution in [-0.4, -0.2) is 68.8 Å².